The summed E-state index contributed by atoms with van der Waals surface area (Å²) in [6, 6.07) is 6.98. The number of nitrogens with zero attached hydrogens (tertiary/aromatic N) is 1. The van der Waals surface area contributed by atoms with E-state index in [1.165, 1.54) is 30.5 Å². The van der Waals surface area contributed by atoms with Crippen LogP contribution in [0.1, 0.15) is 13.3 Å². The van der Waals surface area contributed by atoms with Crippen molar-refractivity contribution in [1.29, 1.82) is 5.26 Å². The van der Waals surface area contributed by atoms with Gasteiger partial charge in [-0.25, -0.2) is 0 Å². The Morgan fingerprint density at radius 1 is 1.38 bits per heavy atom. The monoisotopic (exact) mass is 309 g/mol. The highest BCUT2D eigenvalue weighted by Crippen LogP contribution is 2.13. The highest BCUT2D eigenvalue weighted by molar-refractivity contribution is 7.85. The van der Waals surface area contributed by atoms with Crippen LogP contribution < -0.4 is 10.6 Å². The molecule has 0 saturated carbocycles. The fourth-order valence-corrected chi connectivity index (χ4v) is 1.84. The first-order chi connectivity index (χ1) is 9.88. The number of carbonyl (C=O) groups is 1. The van der Waals surface area contributed by atoms with Crippen molar-refractivity contribution >= 4 is 21.7 Å². The molecular weight excluding hydrogens is 294 g/mol. The third-order valence-corrected chi connectivity index (χ3v) is 3.30. The van der Waals surface area contributed by atoms with Gasteiger partial charge >= 0.3 is 0 Å². The Morgan fingerprint density at radius 3 is 2.48 bits per heavy atom. The van der Waals surface area contributed by atoms with E-state index in [9.17, 15) is 13.2 Å². The quantitative estimate of drug-likeness (QED) is 0.414. The van der Waals surface area contributed by atoms with E-state index in [-0.39, 0.29) is 10.5 Å². The van der Waals surface area contributed by atoms with Crippen LogP contribution in [0.2, 0.25) is 0 Å². The van der Waals surface area contributed by atoms with E-state index in [4.69, 9.17) is 9.81 Å². The predicted octanol–water partition coefficient (Wildman–Crippen LogP) is 1.28. The second kappa shape index (κ2) is 7.42. The zero-order chi connectivity index (χ0) is 15.9. The van der Waals surface area contributed by atoms with Gasteiger partial charge in [-0.3, -0.25) is 9.35 Å². The topological polar surface area (TPSA) is 119 Å². The molecular formula is C13H15N3O4S. The van der Waals surface area contributed by atoms with Crippen LogP contribution in [0.25, 0.3) is 0 Å². The molecule has 1 rings (SSSR count). The Hall–Kier alpha value is -2.37. The minimum absolute atomic E-state index is 0.0951. The summed E-state index contributed by atoms with van der Waals surface area (Å²) in [4.78, 5) is 11.3. The van der Waals surface area contributed by atoms with Crippen LogP contribution in [-0.2, 0) is 14.9 Å². The van der Waals surface area contributed by atoms with Gasteiger partial charge in [-0.2, -0.15) is 13.7 Å². The van der Waals surface area contributed by atoms with Crippen LogP contribution >= 0.6 is 0 Å². The van der Waals surface area contributed by atoms with Crippen LogP contribution in [0.5, 0.6) is 0 Å². The molecule has 8 heteroatoms. The molecule has 112 valence electrons. The number of nitrogens with one attached hydrogen (secondary N) is 2. The number of nitriles is 1. The zero-order valence-corrected chi connectivity index (χ0v) is 12.1. The summed E-state index contributed by atoms with van der Waals surface area (Å²) in [6.07, 6.45) is 1.99. The Morgan fingerprint density at radius 2 is 2.00 bits per heavy atom. The molecule has 1 aromatic carbocycles. The number of amides is 1. The maximum absolute atomic E-state index is 11.6. The summed E-state index contributed by atoms with van der Waals surface area (Å²) in [5.74, 6) is -0.485. The van der Waals surface area contributed by atoms with Gasteiger partial charge in [0.25, 0.3) is 16.0 Å². The molecule has 0 atom stereocenters. The Labute approximate surface area is 123 Å². The van der Waals surface area contributed by atoms with Crippen LogP contribution in [0.15, 0.2) is 40.9 Å². The normalized spacial score (nSPS) is 11.6. The molecule has 0 saturated heterocycles. The number of rotatable bonds is 6. The maximum Gasteiger partial charge on any atom is 0.294 e. The highest BCUT2D eigenvalue weighted by atomic mass is 32.2. The average Bonchev–Trinajstić information content (AvgIpc) is 2.45. The molecule has 0 spiro atoms. The molecule has 7 nitrogen and oxygen atoms in total. The van der Waals surface area contributed by atoms with Crippen molar-refractivity contribution in [3.05, 3.63) is 36.0 Å². The third-order valence-electron chi connectivity index (χ3n) is 2.44. The van der Waals surface area contributed by atoms with Crippen molar-refractivity contribution in [3.63, 3.8) is 0 Å². The molecule has 0 unspecified atom stereocenters. The number of hydrogen-bond acceptors (Lipinski definition) is 5. The summed E-state index contributed by atoms with van der Waals surface area (Å²) in [5.41, 5.74) is 0.376. The zero-order valence-electron chi connectivity index (χ0n) is 11.3. The van der Waals surface area contributed by atoms with Gasteiger partial charge in [-0.05, 0) is 30.7 Å². The van der Waals surface area contributed by atoms with Gasteiger partial charge in [0.05, 0.1) is 4.90 Å². The molecule has 3 N–H and O–H groups in total. The van der Waals surface area contributed by atoms with Crippen LogP contribution in [0.3, 0.4) is 0 Å². The van der Waals surface area contributed by atoms with Crippen LogP contribution in [-0.4, -0.2) is 25.4 Å². The first kappa shape index (κ1) is 16.7. The van der Waals surface area contributed by atoms with E-state index in [1.807, 2.05) is 6.92 Å². The summed E-state index contributed by atoms with van der Waals surface area (Å²) in [5, 5.41) is 14.2. The van der Waals surface area contributed by atoms with Crippen molar-refractivity contribution < 1.29 is 17.8 Å². The Balaban J connectivity index is 2.79. The van der Waals surface area contributed by atoms with Gasteiger partial charge in [-0.15, -0.1) is 0 Å². The lowest BCUT2D eigenvalue weighted by Crippen LogP contribution is -2.25. The van der Waals surface area contributed by atoms with E-state index in [2.05, 4.69) is 10.6 Å². The number of benzene rings is 1. The van der Waals surface area contributed by atoms with Gasteiger partial charge in [0.15, 0.2) is 0 Å². The van der Waals surface area contributed by atoms with Crippen molar-refractivity contribution in [2.45, 2.75) is 18.2 Å². The van der Waals surface area contributed by atoms with Crippen LogP contribution in [0, 0.1) is 11.3 Å². The molecule has 1 aromatic rings. The average molecular weight is 309 g/mol. The van der Waals surface area contributed by atoms with Gasteiger partial charge in [0, 0.05) is 18.4 Å². The van der Waals surface area contributed by atoms with E-state index in [0.717, 1.165) is 6.42 Å². The molecule has 21 heavy (non-hydrogen) atoms. The summed E-state index contributed by atoms with van der Waals surface area (Å²) in [7, 11) is -4.24. The Kier molecular flexibility index (Phi) is 5.90. The summed E-state index contributed by atoms with van der Waals surface area (Å²) in [6.45, 7) is 2.37. The van der Waals surface area contributed by atoms with Gasteiger partial charge < -0.3 is 10.6 Å². The molecule has 0 aromatic heterocycles. The molecule has 0 bridgehead atoms. The third kappa shape index (κ3) is 5.25. The predicted molar refractivity (Wildman–Crippen MR) is 76.9 cm³/mol. The molecule has 0 radical (unpaired) electrons. The van der Waals surface area contributed by atoms with Gasteiger partial charge in [0.1, 0.15) is 11.6 Å². The maximum atomic E-state index is 11.6. The standard InChI is InChI=1S/C13H15N3O4S/c1-2-7-15-13(17)10(8-14)9-16-11-3-5-12(6-4-11)21(18,19)20/h3-6,9,16H,2,7H2,1H3,(H,15,17)(H,18,19,20)/b10-9-. The van der Waals surface area contributed by atoms with Crippen molar-refractivity contribution in [1.82, 2.24) is 5.32 Å². The molecule has 0 aliphatic heterocycles. The fourth-order valence-electron chi connectivity index (χ4n) is 1.36. The van der Waals surface area contributed by atoms with Crippen molar-refractivity contribution in [2.24, 2.45) is 0 Å². The fraction of sp³-hybridized carbons (Fsp3) is 0.231. The van der Waals surface area contributed by atoms with E-state index < -0.39 is 16.0 Å². The summed E-state index contributed by atoms with van der Waals surface area (Å²) < 4.78 is 30.6. The van der Waals surface area contributed by atoms with Gasteiger partial charge in [0.2, 0.25) is 0 Å². The van der Waals surface area contributed by atoms with E-state index in [1.54, 1.807) is 6.07 Å². The molecule has 0 aliphatic carbocycles. The van der Waals surface area contributed by atoms with Crippen LogP contribution in [0.4, 0.5) is 5.69 Å². The number of anilines is 1. The number of hydrogen-bond donors (Lipinski definition) is 3. The van der Waals surface area contributed by atoms with Crippen molar-refractivity contribution in [2.75, 3.05) is 11.9 Å². The minimum atomic E-state index is -4.24. The number of carbonyl (C=O) groups excluding carboxylic acids is 1. The second-order valence-corrected chi connectivity index (χ2v) is 5.49. The molecule has 1 amide bonds. The SMILES string of the molecule is CCCNC(=O)/C(C#N)=C\Nc1ccc(S(=O)(=O)O)cc1. The lowest BCUT2D eigenvalue weighted by molar-refractivity contribution is -0.117. The van der Waals surface area contributed by atoms with Crippen molar-refractivity contribution in [3.8, 4) is 6.07 Å². The highest BCUT2D eigenvalue weighted by Gasteiger charge is 2.09. The Bertz CT molecular complexity index is 672. The molecule has 0 heterocycles. The molecule has 0 aliphatic rings. The smallest absolute Gasteiger partial charge is 0.294 e. The first-order valence-corrected chi connectivity index (χ1v) is 7.55. The lowest BCUT2D eigenvalue weighted by atomic mass is 10.2. The van der Waals surface area contributed by atoms with E-state index in [0.29, 0.717) is 12.2 Å². The van der Waals surface area contributed by atoms with E-state index >= 15 is 0 Å². The largest absolute Gasteiger partial charge is 0.360 e. The first-order valence-electron chi connectivity index (χ1n) is 6.11. The van der Waals surface area contributed by atoms with Gasteiger partial charge in [-0.1, -0.05) is 6.92 Å². The molecule has 0 fully saturated rings. The summed E-state index contributed by atoms with van der Waals surface area (Å²) >= 11 is 0. The second-order valence-electron chi connectivity index (χ2n) is 4.07. The minimum Gasteiger partial charge on any atom is -0.360 e. The lowest BCUT2D eigenvalue weighted by Gasteiger charge is -2.04.